The molecule has 0 saturated heterocycles. The summed E-state index contributed by atoms with van der Waals surface area (Å²) in [5, 5.41) is 0.0855. The van der Waals surface area contributed by atoms with E-state index in [2.05, 4.69) is 0 Å². The number of hydrogen-bond acceptors (Lipinski definition) is 2. The maximum Gasteiger partial charge on any atom is 0.142 e. The van der Waals surface area contributed by atoms with E-state index in [9.17, 15) is 8.78 Å². The molecule has 110 valence electrons. The average Bonchev–Trinajstić information content (AvgIpc) is 2.87. The van der Waals surface area contributed by atoms with Gasteiger partial charge in [-0.15, -0.1) is 0 Å². The van der Waals surface area contributed by atoms with E-state index in [1.165, 1.54) is 24.3 Å². The van der Waals surface area contributed by atoms with Gasteiger partial charge in [-0.3, -0.25) is 0 Å². The van der Waals surface area contributed by atoms with Gasteiger partial charge in [0.2, 0.25) is 0 Å². The summed E-state index contributed by atoms with van der Waals surface area (Å²) in [4.78, 5) is 2.03. The summed E-state index contributed by atoms with van der Waals surface area (Å²) < 4.78 is 27.2. The lowest BCUT2D eigenvalue weighted by Gasteiger charge is -2.30. The summed E-state index contributed by atoms with van der Waals surface area (Å²) in [7, 11) is 0. The first kappa shape index (κ1) is 14.3. The molecule has 21 heavy (non-hydrogen) atoms. The van der Waals surface area contributed by atoms with Crippen LogP contribution in [0.1, 0.15) is 17.2 Å². The predicted molar refractivity (Wildman–Crippen MR) is 80.7 cm³/mol. The van der Waals surface area contributed by atoms with E-state index < -0.39 is 5.82 Å². The van der Waals surface area contributed by atoms with E-state index in [-0.39, 0.29) is 16.9 Å². The van der Waals surface area contributed by atoms with Crippen molar-refractivity contribution < 1.29 is 8.78 Å². The molecule has 0 aromatic heterocycles. The van der Waals surface area contributed by atoms with Crippen LogP contribution >= 0.6 is 11.6 Å². The van der Waals surface area contributed by atoms with E-state index in [0.29, 0.717) is 6.54 Å². The van der Waals surface area contributed by atoms with Gasteiger partial charge in [0, 0.05) is 18.8 Å². The van der Waals surface area contributed by atoms with Crippen LogP contribution in [0.15, 0.2) is 36.4 Å². The summed E-state index contributed by atoms with van der Waals surface area (Å²) >= 11 is 5.72. The fourth-order valence-electron chi connectivity index (χ4n) is 2.86. The van der Waals surface area contributed by atoms with Crippen molar-refractivity contribution in [3.8, 4) is 0 Å². The minimum absolute atomic E-state index is 0.0855. The summed E-state index contributed by atoms with van der Waals surface area (Å²) in [5.41, 5.74) is 8.55. The summed E-state index contributed by atoms with van der Waals surface area (Å²) in [6.45, 7) is 1.06. The molecule has 2 aromatic rings. The van der Waals surface area contributed by atoms with Crippen LogP contribution in [0, 0.1) is 11.6 Å². The monoisotopic (exact) mass is 308 g/mol. The molecule has 0 fully saturated rings. The molecule has 5 heteroatoms. The Morgan fingerprint density at radius 1 is 1.19 bits per heavy atom. The number of nitrogens with two attached hydrogens (primary N) is 1. The maximum atomic E-state index is 13.7. The molecule has 2 aromatic carbocycles. The van der Waals surface area contributed by atoms with Gasteiger partial charge >= 0.3 is 0 Å². The second-order valence-corrected chi connectivity index (χ2v) is 5.55. The number of halogens is 3. The molecule has 1 unspecified atom stereocenters. The van der Waals surface area contributed by atoms with E-state index in [1.807, 2.05) is 4.90 Å². The number of hydrogen-bond donors (Lipinski definition) is 1. The Morgan fingerprint density at radius 2 is 2.00 bits per heavy atom. The van der Waals surface area contributed by atoms with E-state index >= 15 is 0 Å². The van der Waals surface area contributed by atoms with Crippen LogP contribution in [-0.2, 0) is 6.42 Å². The van der Waals surface area contributed by atoms with Gasteiger partial charge in [-0.1, -0.05) is 23.7 Å². The lowest BCUT2D eigenvalue weighted by Crippen LogP contribution is -2.32. The Hall–Kier alpha value is -1.65. The predicted octanol–water partition coefficient (Wildman–Crippen LogP) is 3.68. The second kappa shape index (κ2) is 5.62. The summed E-state index contributed by atoms with van der Waals surface area (Å²) in [6, 6.07) is 9.26. The normalized spacial score (nSPS) is 15.1. The van der Waals surface area contributed by atoms with E-state index in [1.54, 1.807) is 12.1 Å². The molecule has 0 radical (unpaired) electrons. The number of anilines is 1. The molecule has 2 N–H and O–H groups in total. The highest BCUT2D eigenvalue weighted by molar-refractivity contribution is 6.30. The van der Waals surface area contributed by atoms with Crippen molar-refractivity contribution >= 4 is 17.3 Å². The Labute approximate surface area is 127 Å². The second-order valence-electron chi connectivity index (χ2n) is 5.14. The van der Waals surface area contributed by atoms with Crippen LogP contribution in [0.3, 0.4) is 0 Å². The fourth-order valence-corrected chi connectivity index (χ4v) is 2.98. The molecule has 0 bridgehead atoms. The zero-order valence-electron chi connectivity index (χ0n) is 11.3. The highest BCUT2D eigenvalue weighted by Crippen LogP contribution is 2.35. The van der Waals surface area contributed by atoms with Gasteiger partial charge in [0.25, 0.3) is 0 Å². The minimum atomic E-state index is -0.466. The van der Waals surface area contributed by atoms with Gasteiger partial charge in [-0.2, -0.15) is 0 Å². The Morgan fingerprint density at radius 3 is 2.71 bits per heavy atom. The van der Waals surface area contributed by atoms with Crippen molar-refractivity contribution in [3.63, 3.8) is 0 Å². The third-order valence-corrected chi connectivity index (χ3v) is 4.21. The summed E-state index contributed by atoms with van der Waals surface area (Å²) in [6.07, 6.45) is 0.836. The quantitative estimate of drug-likeness (QED) is 0.937. The van der Waals surface area contributed by atoms with Gasteiger partial charge < -0.3 is 10.6 Å². The van der Waals surface area contributed by atoms with Crippen LogP contribution < -0.4 is 10.6 Å². The number of fused-ring (bicyclic) bond motifs is 1. The first-order valence-corrected chi connectivity index (χ1v) is 7.18. The van der Waals surface area contributed by atoms with Crippen LogP contribution in [0.5, 0.6) is 0 Å². The van der Waals surface area contributed by atoms with Crippen LogP contribution in [-0.4, -0.2) is 13.1 Å². The van der Waals surface area contributed by atoms with Gasteiger partial charge in [-0.05, 0) is 41.8 Å². The van der Waals surface area contributed by atoms with Crippen molar-refractivity contribution in [2.24, 2.45) is 5.73 Å². The minimum Gasteiger partial charge on any atom is -0.363 e. The molecule has 0 spiro atoms. The molecule has 1 aliphatic rings. The molecule has 0 aliphatic carbocycles. The topological polar surface area (TPSA) is 29.3 Å². The molecule has 3 rings (SSSR count). The molecule has 1 atom stereocenters. The number of rotatable bonds is 3. The SMILES string of the molecule is NCC(c1ccc(Cl)c(F)c1)N1CCc2ccc(F)cc21. The van der Waals surface area contributed by atoms with Crippen molar-refractivity contribution in [1.82, 2.24) is 0 Å². The van der Waals surface area contributed by atoms with Gasteiger partial charge in [0.15, 0.2) is 0 Å². The molecule has 1 aliphatic heterocycles. The van der Waals surface area contributed by atoms with Crippen molar-refractivity contribution in [2.45, 2.75) is 12.5 Å². The van der Waals surface area contributed by atoms with Crippen LogP contribution in [0.4, 0.5) is 14.5 Å². The molecular formula is C16H15ClF2N2. The Bertz CT molecular complexity index is 675. The van der Waals surface area contributed by atoms with E-state index in [4.69, 9.17) is 17.3 Å². The van der Waals surface area contributed by atoms with Crippen molar-refractivity contribution in [1.29, 1.82) is 0 Å². The van der Waals surface area contributed by atoms with Crippen molar-refractivity contribution in [2.75, 3.05) is 18.0 Å². The summed E-state index contributed by atoms with van der Waals surface area (Å²) in [5.74, 6) is -0.745. The maximum absolute atomic E-state index is 13.7. The van der Waals surface area contributed by atoms with E-state index in [0.717, 1.165) is 29.8 Å². The average molecular weight is 309 g/mol. The Balaban J connectivity index is 1.98. The lowest BCUT2D eigenvalue weighted by molar-refractivity contribution is 0.606. The standard InChI is InChI=1S/C16H15ClF2N2/c17-13-4-2-11(7-14(13)19)16(9-20)21-6-5-10-1-3-12(18)8-15(10)21/h1-4,7-8,16H,5-6,9,20H2. The third-order valence-electron chi connectivity index (χ3n) is 3.91. The zero-order chi connectivity index (χ0) is 15.0. The smallest absolute Gasteiger partial charge is 0.142 e. The first-order valence-electron chi connectivity index (χ1n) is 6.80. The van der Waals surface area contributed by atoms with Gasteiger partial charge in [0.1, 0.15) is 11.6 Å². The van der Waals surface area contributed by atoms with Gasteiger partial charge in [-0.25, -0.2) is 8.78 Å². The fraction of sp³-hybridized carbons (Fsp3) is 0.250. The first-order chi connectivity index (χ1) is 10.1. The highest BCUT2D eigenvalue weighted by Gasteiger charge is 2.27. The third kappa shape index (κ3) is 2.61. The number of benzene rings is 2. The van der Waals surface area contributed by atoms with Crippen LogP contribution in [0.25, 0.3) is 0 Å². The largest absolute Gasteiger partial charge is 0.363 e. The molecule has 0 saturated carbocycles. The zero-order valence-corrected chi connectivity index (χ0v) is 12.1. The van der Waals surface area contributed by atoms with Gasteiger partial charge in [0.05, 0.1) is 11.1 Å². The lowest BCUT2D eigenvalue weighted by atomic mass is 10.0. The van der Waals surface area contributed by atoms with Crippen LogP contribution in [0.2, 0.25) is 5.02 Å². The van der Waals surface area contributed by atoms with Crippen molar-refractivity contribution in [3.05, 3.63) is 64.2 Å². The Kier molecular flexibility index (Phi) is 3.83. The molecule has 0 amide bonds. The highest BCUT2D eigenvalue weighted by atomic mass is 35.5. The molecular weight excluding hydrogens is 294 g/mol. The molecule has 1 heterocycles. The number of nitrogens with zero attached hydrogens (tertiary/aromatic N) is 1. The molecule has 2 nitrogen and oxygen atoms in total.